The van der Waals surface area contributed by atoms with Gasteiger partial charge in [-0.15, -0.1) is 0 Å². The van der Waals surface area contributed by atoms with E-state index in [1.807, 2.05) is 36.4 Å². The lowest BCUT2D eigenvalue weighted by molar-refractivity contribution is -0.120. The third kappa shape index (κ3) is 3.83. The van der Waals surface area contributed by atoms with Gasteiger partial charge in [-0.05, 0) is 57.1 Å². The van der Waals surface area contributed by atoms with Crippen LogP contribution in [0.1, 0.15) is 48.5 Å². The van der Waals surface area contributed by atoms with Crippen LogP contribution in [0.5, 0.6) is 0 Å². The van der Waals surface area contributed by atoms with E-state index in [0.717, 1.165) is 24.5 Å². The number of carbonyl (C=O) groups is 2. The highest BCUT2D eigenvalue weighted by molar-refractivity contribution is 6.00. The van der Waals surface area contributed by atoms with Crippen molar-refractivity contribution < 1.29 is 14.0 Å². The minimum atomic E-state index is -0.210. The molecule has 1 aromatic heterocycles. The van der Waals surface area contributed by atoms with Crippen molar-refractivity contribution in [3.63, 3.8) is 0 Å². The maximum atomic E-state index is 12.8. The smallest absolute Gasteiger partial charge is 0.290 e. The summed E-state index contributed by atoms with van der Waals surface area (Å²) in [5.41, 5.74) is 0.871. The average Bonchev–Trinajstić information content (AvgIpc) is 3.24. The molecule has 0 saturated carbocycles. The van der Waals surface area contributed by atoms with Crippen molar-refractivity contribution in [3.05, 3.63) is 54.0 Å². The van der Waals surface area contributed by atoms with Gasteiger partial charge in [-0.3, -0.25) is 14.5 Å². The number of likely N-dealkylation sites (tertiary alicyclic amines) is 1. The van der Waals surface area contributed by atoms with Crippen molar-refractivity contribution in [2.24, 2.45) is 0 Å². The standard InChI is InChI=1S/C22H27N3O3/c1-17(23-12-6-3-7-13-23)19-10-11-20(28-19)22(27)24-14-15-25(21(26)16-24)18-8-4-2-5-9-18/h2,4-5,8-11,17H,3,6-7,12-16H2,1H3/t17-/m1/s1. The Hall–Kier alpha value is -2.60. The van der Waals surface area contributed by atoms with E-state index in [9.17, 15) is 9.59 Å². The van der Waals surface area contributed by atoms with E-state index in [0.29, 0.717) is 18.8 Å². The van der Waals surface area contributed by atoms with Gasteiger partial charge < -0.3 is 14.2 Å². The first-order chi connectivity index (χ1) is 13.6. The van der Waals surface area contributed by atoms with E-state index >= 15 is 0 Å². The first kappa shape index (κ1) is 18.7. The maximum absolute atomic E-state index is 12.8. The third-order valence-corrected chi connectivity index (χ3v) is 5.76. The van der Waals surface area contributed by atoms with Gasteiger partial charge in [0.05, 0.1) is 6.04 Å². The van der Waals surface area contributed by atoms with Crippen molar-refractivity contribution in [1.82, 2.24) is 9.80 Å². The Morgan fingerprint density at radius 3 is 2.43 bits per heavy atom. The molecule has 28 heavy (non-hydrogen) atoms. The zero-order valence-corrected chi connectivity index (χ0v) is 16.3. The molecule has 2 fully saturated rings. The fourth-order valence-electron chi connectivity index (χ4n) is 4.06. The summed E-state index contributed by atoms with van der Waals surface area (Å²) >= 11 is 0. The lowest BCUT2D eigenvalue weighted by Gasteiger charge is -2.34. The van der Waals surface area contributed by atoms with Crippen LogP contribution in [0.2, 0.25) is 0 Å². The highest BCUT2D eigenvalue weighted by atomic mass is 16.4. The first-order valence-electron chi connectivity index (χ1n) is 10.1. The normalized spacial score (nSPS) is 19.7. The van der Waals surface area contributed by atoms with Crippen LogP contribution < -0.4 is 4.90 Å². The Balaban J connectivity index is 1.40. The molecule has 148 valence electrons. The number of anilines is 1. The molecule has 1 aromatic carbocycles. The van der Waals surface area contributed by atoms with Gasteiger partial charge in [0, 0.05) is 18.8 Å². The molecule has 0 aliphatic carbocycles. The van der Waals surface area contributed by atoms with Crippen molar-refractivity contribution in [2.75, 3.05) is 37.6 Å². The summed E-state index contributed by atoms with van der Waals surface area (Å²) in [4.78, 5) is 31.1. The van der Waals surface area contributed by atoms with Crippen LogP contribution in [0.25, 0.3) is 0 Å². The van der Waals surface area contributed by atoms with E-state index < -0.39 is 0 Å². The number of nitrogens with zero attached hydrogens (tertiary/aromatic N) is 3. The van der Waals surface area contributed by atoms with Gasteiger partial charge in [-0.1, -0.05) is 24.6 Å². The molecule has 3 heterocycles. The van der Waals surface area contributed by atoms with E-state index in [1.54, 1.807) is 15.9 Å². The summed E-state index contributed by atoms with van der Waals surface area (Å²) in [7, 11) is 0. The van der Waals surface area contributed by atoms with E-state index in [4.69, 9.17) is 4.42 Å². The zero-order chi connectivity index (χ0) is 19.5. The van der Waals surface area contributed by atoms with Crippen molar-refractivity contribution in [2.45, 2.75) is 32.2 Å². The predicted octanol–water partition coefficient (Wildman–Crippen LogP) is 3.32. The Labute approximate surface area is 165 Å². The van der Waals surface area contributed by atoms with Crippen LogP contribution in [0.3, 0.4) is 0 Å². The highest BCUT2D eigenvalue weighted by Crippen LogP contribution is 2.26. The van der Waals surface area contributed by atoms with E-state index in [-0.39, 0.29) is 24.4 Å². The first-order valence-corrected chi connectivity index (χ1v) is 10.1. The number of benzene rings is 1. The van der Waals surface area contributed by atoms with Crippen molar-refractivity contribution in [1.29, 1.82) is 0 Å². The van der Waals surface area contributed by atoms with Gasteiger partial charge in [-0.25, -0.2) is 0 Å². The van der Waals surface area contributed by atoms with Crippen LogP contribution in [0, 0.1) is 0 Å². The Bertz CT molecular complexity index is 827. The second kappa shape index (κ2) is 8.19. The molecular formula is C22H27N3O3. The molecule has 2 aromatic rings. The van der Waals surface area contributed by atoms with Crippen LogP contribution in [-0.2, 0) is 4.79 Å². The molecular weight excluding hydrogens is 354 g/mol. The van der Waals surface area contributed by atoms with Crippen LogP contribution >= 0.6 is 0 Å². The molecule has 0 N–H and O–H groups in total. The molecule has 0 bridgehead atoms. The maximum Gasteiger partial charge on any atom is 0.290 e. The average molecular weight is 381 g/mol. The quantitative estimate of drug-likeness (QED) is 0.815. The zero-order valence-electron chi connectivity index (χ0n) is 16.3. The third-order valence-electron chi connectivity index (χ3n) is 5.76. The number of para-hydroxylation sites is 1. The number of amides is 2. The summed E-state index contributed by atoms with van der Waals surface area (Å²) in [6, 6.07) is 13.4. The number of hydrogen-bond acceptors (Lipinski definition) is 4. The summed E-state index contributed by atoms with van der Waals surface area (Å²) in [5, 5.41) is 0. The summed E-state index contributed by atoms with van der Waals surface area (Å²) < 4.78 is 5.90. The SMILES string of the molecule is C[C@H](c1ccc(C(=O)N2CCN(c3ccccc3)C(=O)C2)o1)N1CCCCC1. The summed E-state index contributed by atoms with van der Waals surface area (Å²) in [6.45, 7) is 5.33. The minimum Gasteiger partial charge on any atom is -0.454 e. The predicted molar refractivity (Wildman–Crippen MR) is 107 cm³/mol. The molecule has 0 unspecified atom stereocenters. The van der Waals surface area contributed by atoms with Gasteiger partial charge in [0.1, 0.15) is 12.3 Å². The number of furan rings is 1. The van der Waals surface area contributed by atoms with Crippen molar-refractivity contribution in [3.8, 4) is 0 Å². The molecule has 6 heteroatoms. The second-order valence-corrected chi connectivity index (χ2v) is 7.58. The van der Waals surface area contributed by atoms with Crippen LogP contribution in [0.15, 0.2) is 46.9 Å². The molecule has 1 atom stereocenters. The van der Waals surface area contributed by atoms with Gasteiger partial charge in [-0.2, -0.15) is 0 Å². The highest BCUT2D eigenvalue weighted by Gasteiger charge is 2.30. The number of carbonyl (C=O) groups excluding carboxylic acids is 2. The summed E-state index contributed by atoms with van der Waals surface area (Å²) in [5.74, 6) is 0.858. The molecule has 2 aliphatic rings. The van der Waals surface area contributed by atoms with Gasteiger partial charge in [0.15, 0.2) is 5.76 Å². The van der Waals surface area contributed by atoms with Gasteiger partial charge in [0.2, 0.25) is 5.91 Å². The second-order valence-electron chi connectivity index (χ2n) is 7.58. The van der Waals surface area contributed by atoms with E-state index in [1.165, 1.54) is 19.3 Å². The molecule has 4 rings (SSSR count). The number of rotatable bonds is 4. The fraction of sp³-hybridized carbons (Fsp3) is 0.455. The number of piperazine rings is 1. The Kier molecular flexibility index (Phi) is 5.48. The number of piperidine rings is 1. The molecule has 6 nitrogen and oxygen atoms in total. The van der Waals surface area contributed by atoms with Gasteiger partial charge >= 0.3 is 0 Å². The van der Waals surface area contributed by atoms with E-state index in [2.05, 4.69) is 11.8 Å². The Morgan fingerprint density at radius 2 is 1.71 bits per heavy atom. The van der Waals surface area contributed by atoms with Gasteiger partial charge in [0.25, 0.3) is 5.91 Å². The topological polar surface area (TPSA) is 57.0 Å². The van der Waals surface area contributed by atoms with Crippen LogP contribution in [-0.4, -0.2) is 54.3 Å². The number of hydrogen-bond donors (Lipinski definition) is 0. The molecule has 0 radical (unpaired) electrons. The summed E-state index contributed by atoms with van der Waals surface area (Å²) in [6.07, 6.45) is 3.71. The largest absolute Gasteiger partial charge is 0.454 e. The minimum absolute atomic E-state index is 0.0701. The lowest BCUT2D eigenvalue weighted by Crippen LogP contribution is -2.52. The molecule has 2 saturated heterocycles. The lowest BCUT2D eigenvalue weighted by atomic mass is 10.1. The molecule has 2 amide bonds. The monoisotopic (exact) mass is 381 g/mol. The Morgan fingerprint density at radius 1 is 0.964 bits per heavy atom. The van der Waals surface area contributed by atoms with Crippen molar-refractivity contribution >= 4 is 17.5 Å². The van der Waals surface area contributed by atoms with Crippen LogP contribution in [0.4, 0.5) is 5.69 Å². The molecule has 0 spiro atoms. The fourth-order valence-corrected chi connectivity index (χ4v) is 4.06. The molecule has 2 aliphatic heterocycles.